The van der Waals surface area contributed by atoms with Crippen LogP contribution in [-0.4, -0.2) is 6.03 Å². The molecular weight excluding hydrogens is 262 g/mol. The normalized spacial score (nSPS) is 10.2. The number of carbonyl (C=O) groups is 1. The van der Waals surface area contributed by atoms with Crippen molar-refractivity contribution in [1.82, 2.24) is 5.32 Å². The average Bonchev–Trinajstić information content (AvgIpc) is 2.36. The molecule has 3 nitrogen and oxygen atoms in total. The molecular formula is C15H14F2N2O. The number of benzene rings is 2. The van der Waals surface area contributed by atoms with Crippen molar-refractivity contribution in [1.29, 1.82) is 0 Å². The molecule has 0 fully saturated rings. The summed E-state index contributed by atoms with van der Waals surface area (Å²) in [6.45, 7) is 2.28. The summed E-state index contributed by atoms with van der Waals surface area (Å²) in [4.78, 5) is 11.7. The highest BCUT2D eigenvalue weighted by atomic mass is 19.1. The van der Waals surface area contributed by atoms with Crippen LogP contribution in [-0.2, 0) is 6.54 Å². The second-order valence-electron chi connectivity index (χ2n) is 4.39. The van der Waals surface area contributed by atoms with E-state index in [-0.39, 0.29) is 5.69 Å². The number of halogens is 2. The van der Waals surface area contributed by atoms with Crippen LogP contribution in [0.5, 0.6) is 0 Å². The number of amides is 2. The molecule has 5 heteroatoms. The Morgan fingerprint density at radius 1 is 1.10 bits per heavy atom. The summed E-state index contributed by atoms with van der Waals surface area (Å²) in [6, 6.07) is 9.97. The number of hydrogen-bond donors (Lipinski definition) is 2. The van der Waals surface area contributed by atoms with E-state index < -0.39 is 17.7 Å². The van der Waals surface area contributed by atoms with Crippen molar-refractivity contribution in [3.63, 3.8) is 0 Å². The van der Waals surface area contributed by atoms with Gasteiger partial charge >= 0.3 is 6.03 Å². The van der Waals surface area contributed by atoms with Gasteiger partial charge in [0.05, 0.1) is 0 Å². The van der Waals surface area contributed by atoms with Crippen molar-refractivity contribution in [2.75, 3.05) is 5.32 Å². The number of hydrogen-bond acceptors (Lipinski definition) is 1. The van der Waals surface area contributed by atoms with Gasteiger partial charge in [0.25, 0.3) is 0 Å². The molecule has 2 rings (SSSR count). The first kappa shape index (κ1) is 14.0. The maximum absolute atomic E-state index is 13.0. The summed E-state index contributed by atoms with van der Waals surface area (Å²) in [7, 11) is 0. The Bertz CT molecular complexity index is 609. The highest BCUT2D eigenvalue weighted by molar-refractivity contribution is 5.89. The van der Waals surface area contributed by atoms with E-state index in [0.717, 1.165) is 29.3 Å². The summed E-state index contributed by atoms with van der Waals surface area (Å²) >= 11 is 0. The molecule has 0 unspecified atom stereocenters. The molecule has 2 amide bonds. The Labute approximate surface area is 115 Å². The van der Waals surface area contributed by atoms with E-state index >= 15 is 0 Å². The molecule has 0 saturated carbocycles. The van der Waals surface area contributed by atoms with Crippen LogP contribution >= 0.6 is 0 Å². The number of anilines is 1. The van der Waals surface area contributed by atoms with Gasteiger partial charge in [0.2, 0.25) is 0 Å². The Morgan fingerprint density at radius 2 is 1.75 bits per heavy atom. The fourth-order valence-electron chi connectivity index (χ4n) is 1.79. The zero-order valence-corrected chi connectivity index (χ0v) is 10.9. The summed E-state index contributed by atoms with van der Waals surface area (Å²) in [5.74, 6) is -1.47. The van der Waals surface area contributed by atoms with E-state index in [0.29, 0.717) is 6.54 Å². The van der Waals surface area contributed by atoms with E-state index in [9.17, 15) is 13.6 Å². The van der Waals surface area contributed by atoms with Crippen molar-refractivity contribution >= 4 is 11.7 Å². The van der Waals surface area contributed by atoms with E-state index in [2.05, 4.69) is 10.6 Å². The smallest absolute Gasteiger partial charge is 0.319 e. The van der Waals surface area contributed by atoms with Gasteiger partial charge in [-0.3, -0.25) is 0 Å². The lowest BCUT2D eigenvalue weighted by molar-refractivity contribution is 0.251. The molecule has 0 aliphatic carbocycles. The van der Waals surface area contributed by atoms with Crippen LogP contribution in [0.3, 0.4) is 0 Å². The van der Waals surface area contributed by atoms with Crippen molar-refractivity contribution in [3.05, 3.63) is 65.2 Å². The molecule has 0 aromatic heterocycles. The van der Waals surface area contributed by atoms with Gasteiger partial charge in [-0.05, 0) is 30.2 Å². The van der Waals surface area contributed by atoms with Gasteiger partial charge in [-0.1, -0.05) is 24.3 Å². The van der Waals surface area contributed by atoms with Gasteiger partial charge in [-0.2, -0.15) is 0 Å². The quantitative estimate of drug-likeness (QED) is 0.883. The first-order chi connectivity index (χ1) is 9.54. The first-order valence-corrected chi connectivity index (χ1v) is 6.10. The molecule has 0 saturated heterocycles. The Kier molecular flexibility index (Phi) is 4.30. The lowest BCUT2D eigenvalue weighted by atomic mass is 10.1. The van der Waals surface area contributed by atoms with Gasteiger partial charge in [-0.15, -0.1) is 0 Å². The van der Waals surface area contributed by atoms with Gasteiger partial charge in [0.15, 0.2) is 0 Å². The van der Waals surface area contributed by atoms with Crippen molar-refractivity contribution < 1.29 is 13.6 Å². The minimum Gasteiger partial charge on any atom is -0.334 e. The fourth-order valence-corrected chi connectivity index (χ4v) is 1.79. The van der Waals surface area contributed by atoms with Crippen LogP contribution < -0.4 is 10.6 Å². The van der Waals surface area contributed by atoms with Gasteiger partial charge in [-0.25, -0.2) is 13.6 Å². The van der Waals surface area contributed by atoms with Crippen LogP contribution in [0.25, 0.3) is 0 Å². The number of carbonyl (C=O) groups excluding carboxylic acids is 1. The minimum absolute atomic E-state index is 0.0739. The Morgan fingerprint density at radius 3 is 2.40 bits per heavy atom. The van der Waals surface area contributed by atoms with E-state index in [1.165, 1.54) is 0 Å². The molecule has 0 spiro atoms. The van der Waals surface area contributed by atoms with Crippen LogP contribution in [0.15, 0.2) is 42.5 Å². The van der Waals surface area contributed by atoms with Crippen LogP contribution in [0.2, 0.25) is 0 Å². The van der Waals surface area contributed by atoms with E-state index in [4.69, 9.17) is 0 Å². The Hall–Kier alpha value is -2.43. The zero-order chi connectivity index (χ0) is 14.5. The van der Waals surface area contributed by atoms with E-state index in [1.807, 2.05) is 31.2 Å². The molecule has 20 heavy (non-hydrogen) atoms. The third-order valence-corrected chi connectivity index (χ3v) is 2.82. The maximum atomic E-state index is 13.0. The largest absolute Gasteiger partial charge is 0.334 e. The summed E-state index contributed by atoms with van der Waals surface area (Å²) in [5.41, 5.74) is 2.11. The highest BCUT2D eigenvalue weighted by Crippen LogP contribution is 2.12. The van der Waals surface area contributed by atoms with Crippen LogP contribution in [0, 0.1) is 18.6 Å². The van der Waals surface area contributed by atoms with Gasteiger partial charge in [0.1, 0.15) is 11.6 Å². The van der Waals surface area contributed by atoms with Gasteiger partial charge in [0, 0.05) is 18.3 Å². The monoisotopic (exact) mass is 276 g/mol. The Balaban J connectivity index is 1.94. The molecule has 2 aromatic carbocycles. The zero-order valence-electron chi connectivity index (χ0n) is 10.9. The molecule has 0 atom stereocenters. The lowest BCUT2D eigenvalue weighted by Gasteiger charge is -2.09. The molecule has 0 aliphatic heterocycles. The molecule has 0 heterocycles. The summed E-state index contributed by atoms with van der Waals surface area (Å²) < 4.78 is 25.9. The molecule has 0 radical (unpaired) electrons. The molecule has 104 valence electrons. The van der Waals surface area contributed by atoms with Crippen molar-refractivity contribution in [2.45, 2.75) is 13.5 Å². The van der Waals surface area contributed by atoms with Crippen molar-refractivity contribution in [3.8, 4) is 0 Å². The fraction of sp³-hybridized carbons (Fsp3) is 0.133. The predicted octanol–water partition coefficient (Wildman–Crippen LogP) is 3.59. The predicted molar refractivity (Wildman–Crippen MR) is 73.4 cm³/mol. The molecule has 0 aliphatic rings. The summed E-state index contributed by atoms with van der Waals surface area (Å²) in [5, 5.41) is 5.02. The minimum atomic E-state index is -0.737. The molecule has 2 N–H and O–H groups in total. The second-order valence-corrected chi connectivity index (χ2v) is 4.39. The number of rotatable bonds is 3. The maximum Gasteiger partial charge on any atom is 0.319 e. The third-order valence-electron chi connectivity index (χ3n) is 2.82. The summed E-state index contributed by atoms with van der Waals surface area (Å²) in [6.07, 6.45) is 0. The first-order valence-electron chi connectivity index (χ1n) is 6.10. The SMILES string of the molecule is Cc1ccccc1CNC(=O)Nc1cc(F)cc(F)c1. The topological polar surface area (TPSA) is 41.1 Å². The van der Waals surface area contributed by atoms with Gasteiger partial charge < -0.3 is 10.6 Å². The third kappa shape index (κ3) is 3.78. The van der Waals surface area contributed by atoms with E-state index in [1.54, 1.807) is 0 Å². The number of nitrogens with one attached hydrogen (secondary N) is 2. The van der Waals surface area contributed by atoms with Crippen LogP contribution in [0.1, 0.15) is 11.1 Å². The second kappa shape index (κ2) is 6.14. The lowest BCUT2D eigenvalue weighted by Crippen LogP contribution is -2.28. The molecule has 2 aromatic rings. The number of aryl methyl sites for hydroxylation is 1. The average molecular weight is 276 g/mol. The number of urea groups is 1. The molecule has 0 bridgehead atoms. The van der Waals surface area contributed by atoms with Crippen molar-refractivity contribution in [2.24, 2.45) is 0 Å². The highest BCUT2D eigenvalue weighted by Gasteiger charge is 2.05. The van der Waals surface area contributed by atoms with Crippen LogP contribution in [0.4, 0.5) is 19.3 Å². The standard InChI is InChI=1S/C15H14F2N2O/c1-10-4-2-3-5-11(10)9-18-15(20)19-14-7-12(16)6-13(17)8-14/h2-8H,9H2,1H3,(H2,18,19,20).